The highest BCUT2D eigenvalue weighted by Gasteiger charge is 2.20. The third-order valence-electron chi connectivity index (χ3n) is 9.51. The molecule has 0 bridgehead atoms. The van der Waals surface area contributed by atoms with Crippen LogP contribution in [0, 0.1) is 27.7 Å². The lowest BCUT2D eigenvalue weighted by atomic mass is 10.1. The van der Waals surface area contributed by atoms with Gasteiger partial charge in [0.25, 0.3) is 20.2 Å². The zero-order chi connectivity index (χ0) is 43.8. The maximum Gasteiger partial charge on any atom is 0.403 e. The minimum atomic E-state index is -4.02. The second-order valence-corrected chi connectivity index (χ2v) is 17.1. The molecule has 2 N–H and O–H groups in total. The lowest BCUT2D eigenvalue weighted by molar-refractivity contribution is -0.659. The van der Waals surface area contributed by atoms with E-state index in [1.54, 1.807) is 46.3 Å². The predicted molar refractivity (Wildman–Crippen MR) is 226 cm³/mol. The molecule has 7 rings (SSSR count). The lowest BCUT2D eigenvalue weighted by Gasteiger charge is -2.37. The Morgan fingerprint density at radius 2 is 0.867 bits per heavy atom. The molecule has 0 amide bonds. The van der Waals surface area contributed by atoms with Crippen LogP contribution in [-0.4, -0.2) is 71.7 Å². The molecule has 60 heavy (non-hydrogen) atoms. The normalized spacial score (nSPS) is 13.3. The Hall–Kier alpha value is -6.22. The van der Waals surface area contributed by atoms with Crippen molar-refractivity contribution >= 4 is 54.9 Å². The van der Waals surface area contributed by atoms with Crippen LogP contribution < -0.4 is 18.9 Å². The Balaban J connectivity index is 0.000000252. The van der Waals surface area contributed by atoms with Crippen LogP contribution in [0.1, 0.15) is 22.3 Å². The second-order valence-electron chi connectivity index (χ2n) is 14.2. The van der Waals surface area contributed by atoms with Crippen LogP contribution in [0.4, 0.5) is 34.6 Å². The molecule has 0 unspecified atom stereocenters. The van der Waals surface area contributed by atoms with Gasteiger partial charge in [0.15, 0.2) is 0 Å². The summed E-state index contributed by atoms with van der Waals surface area (Å²) in [5.74, 6) is 1.39. The van der Waals surface area contributed by atoms with Crippen molar-refractivity contribution in [3.63, 3.8) is 0 Å². The van der Waals surface area contributed by atoms with E-state index >= 15 is 0 Å². The monoisotopic (exact) mass is 858 g/mol. The number of piperazine rings is 1. The summed E-state index contributed by atoms with van der Waals surface area (Å²) >= 11 is 0. The van der Waals surface area contributed by atoms with Gasteiger partial charge < -0.3 is 9.80 Å². The van der Waals surface area contributed by atoms with E-state index in [1.807, 2.05) is 63.3 Å². The van der Waals surface area contributed by atoms with Crippen molar-refractivity contribution in [1.82, 2.24) is 19.6 Å². The van der Waals surface area contributed by atoms with Crippen LogP contribution in [0.15, 0.2) is 128 Å². The fourth-order valence-corrected chi connectivity index (χ4v) is 6.94. The minimum absolute atomic E-state index is 0.0666. The number of azo groups is 2. The summed E-state index contributed by atoms with van der Waals surface area (Å²) in [6.07, 6.45) is 3.43. The first-order valence-electron chi connectivity index (χ1n) is 18.7. The Morgan fingerprint density at radius 1 is 0.533 bits per heavy atom. The number of benzene rings is 4. The number of nitrogens with zero attached hydrogens (tertiary/aromatic N) is 12. The summed E-state index contributed by atoms with van der Waals surface area (Å²) in [5.41, 5.74) is 8.24. The van der Waals surface area contributed by atoms with Gasteiger partial charge in [0.2, 0.25) is 12.7 Å². The summed E-state index contributed by atoms with van der Waals surface area (Å²) in [7, 11) is -0.518. The summed E-state index contributed by atoms with van der Waals surface area (Å²) in [6, 6.07) is 24.7. The summed E-state index contributed by atoms with van der Waals surface area (Å²) < 4.78 is 66.2. The van der Waals surface area contributed by atoms with Crippen molar-refractivity contribution in [1.29, 1.82) is 0 Å². The average Bonchev–Trinajstić information content (AvgIpc) is 3.70. The molecule has 0 radical (unpaired) electrons. The first-order valence-corrected chi connectivity index (χ1v) is 21.6. The fourth-order valence-electron chi connectivity index (χ4n) is 5.98. The molecule has 1 saturated heterocycles. The van der Waals surface area contributed by atoms with E-state index in [0.29, 0.717) is 11.9 Å². The smallest absolute Gasteiger partial charge is 0.368 e. The number of hydrogen-bond donors (Lipinski definition) is 2. The standard InChI is InChI=1S/C26H34N12.2C7H8O3S/c1-19-15-21(7-9-23(19)29-31-25-33(3)17-27-35(25)5)37-11-13-38(14-12-37)22-8-10-24(20(2)16-22)30-32-26-34(4)18-28-36(26)6;2*1-6-2-4-7(5-3-6)11(8,9)10/h7-10,15-18H,11-14H2,1-6H3;2*2-5H,1H3,(H,8,9,10)/q+2;;. The van der Waals surface area contributed by atoms with E-state index in [4.69, 9.17) is 9.11 Å². The highest BCUT2D eigenvalue weighted by molar-refractivity contribution is 7.86. The second kappa shape index (κ2) is 19.2. The molecule has 316 valence electrons. The molecule has 0 spiro atoms. The van der Waals surface area contributed by atoms with E-state index in [2.05, 4.69) is 78.6 Å². The molecule has 0 atom stereocenters. The number of anilines is 2. The lowest BCUT2D eigenvalue weighted by Crippen LogP contribution is -2.46. The van der Waals surface area contributed by atoms with E-state index < -0.39 is 20.2 Å². The zero-order valence-electron chi connectivity index (χ0n) is 34.8. The molecule has 1 aliphatic rings. The van der Waals surface area contributed by atoms with Crippen LogP contribution in [0.25, 0.3) is 0 Å². The van der Waals surface area contributed by atoms with Gasteiger partial charge in [-0.3, -0.25) is 9.11 Å². The summed E-state index contributed by atoms with van der Waals surface area (Å²) in [6.45, 7) is 11.6. The maximum absolute atomic E-state index is 10.5. The van der Waals surface area contributed by atoms with Gasteiger partial charge in [-0.05, 0) is 110 Å². The molecule has 2 aromatic heterocycles. The van der Waals surface area contributed by atoms with Crippen molar-refractivity contribution in [2.45, 2.75) is 37.5 Å². The number of aryl methyl sites for hydroxylation is 8. The van der Waals surface area contributed by atoms with Gasteiger partial charge in [-0.2, -0.15) is 16.8 Å². The highest BCUT2D eigenvalue weighted by Crippen LogP contribution is 2.30. The van der Waals surface area contributed by atoms with E-state index in [1.165, 1.54) is 35.6 Å². The third kappa shape index (κ3) is 11.9. The van der Waals surface area contributed by atoms with Gasteiger partial charge in [0, 0.05) is 47.8 Å². The SMILES string of the molecule is Cc1cc(N2CCN(c3ccc(N=Nc4n(C)nc[n+]4C)c(C)c3)CC2)ccc1N=Nc1n(C)nc[n+]1C.Cc1ccc(S(=O)(=O)O)cc1.Cc1ccc(S(=O)(=O)O)cc1. The van der Waals surface area contributed by atoms with Crippen LogP contribution >= 0.6 is 0 Å². The first-order chi connectivity index (χ1) is 28.3. The number of aromatic nitrogens is 6. The van der Waals surface area contributed by atoms with Gasteiger partial charge in [0.05, 0.1) is 38.0 Å². The Kier molecular flexibility index (Phi) is 14.4. The average molecular weight is 859 g/mol. The Bertz CT molecular complexity index is 2480. The van der Waals surface area contributed by atoms with Gasteiger partial charge in [-0.15, -0.1) is 9.36 Å². The molecule has 18 nitrogen and oxygen atoms in total. The summed E-state index contributed by atoms with van der Waals surface area (Å²) in [4.78, 5) is 4.72. The third-order valence-corrected chi connectivity index (χ3v) is 11.2. The van der Waals surface area contributed by atoms with Crippen molar-refractivity contribution < 1.29 is 35.1 Å². The molecule has 4 aromatic carbocycles. The molecule has 1 fully saturated rings. The molecule has 6 aromatic rings. The molecular formula is C40H50N12O6S2+2. The van der Waals surface area contributed by atoms with Crippen LogP contribution in [0.5, 0.6) is 0 Å². The van der Waals surface area contributed by atoms with Gasteiger partial charge in [0.1, 0.15) is 11.4 Å². The molecule has 20 heteroatoms. The van der Waals surface area contributed by atoms with E-state index in [9.17, 15) is 16.8 Å². The zero-order valence-corrected chi connectivity index (χ0v) is 36.4. The molecule has 0 aliphatic carbocycles. The van der Waals surface area contributed by atoms with Crippen molar-refractivity contribution in [2.75, 3.05) is 36.0 Å². The van der Waals surface area contributed by atoms with Crippen molar-refractivity contribution in [3.05, 3.63) is 120 Å². The van der Waals surface area contributed by atoms with Crippen LogP contribution in [-0.2, 0) is 48.4 Å². The predicted octanol–water partition coefficient (Wildman–Crippen LogP) is 6.06. The maximum atomic E-state index is 10.5. The van der Waals surface area contributed by atoms with Gasteiger partial charge in [-0.1, -0.05) is 45.6 Å². The van der Waals surface area contributed by atoms with Crippen molar-refractivity contribution in [2.24, 2.45) is 48.6 Å². The van der Waals surface area contributed by atoms with Gasteiger partial charge in [-0.25, -0.2) is 9.13 Å². The van der Waals surface area contributed by atoms with Crippen LogP contribution in [0.3, 0.4) is 0 Å². The van der Waals surface area contributed by atoms with E-state index in [-0.39, 0.29) is 9.79 Å². The molecule has 3 heterocycles. The van der Waals surface area contributed by atoms with E-state index in [0.717, 1.165) is 59.8 Å². The number of hydrogen-bond acceptors (Lipinski definition) is 12. The van der Waals surface area contributed by atoms with Crippen LogP contribution in [0.2, 0.25) is 0 Å². The number of rotatable bonds is 8. The fraction of sp³-hybridized carbons (Fsp3) is 0.300. The highest BCUT2D eigenvalue weighted by atomic mass is 32.2. The topological polar surface area (TPSA) is 208 Å². The Labute approximate surface area is 350 Å². The van der Waals surface area contributed by atoms with Crippen molar-refractivity contribution in [3.8, 4) is 0 Å². The Morgan fingerprint density at radius 3 is 1.13 bits per heavy atom. The summed E-state index contributed by atoms with van der Waals surface area (Å²) in [5, 5.41) is 26.0. The van der Waals surface area contributed by atoms with Gasteiger partial charge >= 0.3 is 11.9 Å². The largest absolute Gasteiger partial charge is 0.403 e. The minimum Gasteiger partial charge on any atom is -0.368 e. The molecule has 0 saturated carbocycles. The molecule has 1 aliphatic heterocycles. The quantitative estimate of drug-likeness (QED) is 0.103. The first kappa shape index (κ1) is 44.9. The molecular weight excluding hydrogens is 809 g/mol.